The molecular formula is C18H19BrN2O3. The Labute approximate surface area is 149 Å². The second-order valence-corrected chi connectivity index (χ2v) is 6.38. The molecule has 2 aromatic carbocycles. The average Bonchev–Trinajstić information content (AvgIpc) is 2.56. The molecular weight excluding hydrogens is 372 g/mol. The van der Waals surface area contributed by atoms with Gasteiger partial charge in [-0.3, -0.25) is 9.59 Å². The van der Waals surface area contributed by atoms with Gasteiger partial charge in [-0.15, -0.1) is 0 Å². The number of methoxy groups -OCH3 is 1. The van der Waals surface area contributed by atoms with Crippen molar-refractivity contribution in [1.82, 2.24) is 0 Å². The zero-order valence-corrected chi connectivity index (χ0v) is 15.3. The molecule has 2 N–H and O–H groups in total. The normalized spacial score (nSPS) is 10.4. The van der Waals surface area contributed by atoms with Crippen LogP contribution in [0.3, 0.4) is 0 Å². The molecule has 0 heterocycles. The molecule has 0 aliphatic rings. The molecule has 6 heteroatoms. The van der Waals surface area contributed by atoms with E-state index in [1.165, 1.54) is 0 Å². The minimum Gasteiger partial charge on any atom is -0.496 e. The molecule has 2 amide bonds. The van der Waals surface area contributed by atoms with Crippen LogP contribution in [0.2, 0.25) is 0 Å². The maximum Gasteiger partial charge on any atom is 0.255 e. The highest BCUT2D eigenvalue weighted by atomic mass is 79.9. The second-order valence-electron chi connectivity index (χ2n) is 5.52. The van der Waals surface area contributed by atoms with E-state index < -0.39 is 0 Å². The molecule has 2 aromatic rings. The van der Waals surface area contributed by atoms with Crippen LogP contribution in [0.25, 0.3) is 0 Å². The number of rotatable bonds is 5. The molecule has 0 unspecified atom stereocenters. The molecule has 0 aliphatic heterocycles. The molecule has 0 fully saturated rings. The van der Waals surface area contributed by atoms with E-state index in [1.807, 2.05) is 13.8 Å². The highest BCUT2D eigenvalue weighted by Gasteiger charge is 2.10. The summed E-state index contributed by atoms with van der Waals surface area (Å²) in [5, 5.41) is 5.61. The van der Waals surface area contributed by atoms with Crippen molar-refractivity contribution in [3.63, 3.8) is 0 Å². The average molecular weight is 391 g/mol. The quantitative estimate of drug-likeness (QED) is 0.799. The van der Waals surface area contributed by atoms with Crippen LogP contribution in [-0.2, 0) is 4.79 Å². The predicted octanol–water partition coefficient (Wildman–Crippen LogP) is 4.30. The second kappa shape index (κ2) is 7.97. The number of hydrogen-bond donors (Lipinski definition) is 2. The van der Waals surface area contributed by atoms with Gasteiger partial charge < -0.3 is 15.4 Å². The summed E-state index contributed by atoms with van der Waals surface area (Å²) in [6, 6.07) is 12.1. The molecule has 126 valence electrons. The fraction of sp³-hybridized carbons (Fsp3) is 0.222. The van der Waals surface area contributed by atoms with E-state index in [1.54, 1.807) is 49.6 Å². The van der Waals surface area contributed by atoms with Crippen molar-refractivity contribution < 1.29 is 14.3 Å². The van der Waals surface area contributed by atoms with Gasteiger partial charge in [-0.2, -0.15) is 0 Å². The third-order valence-electron chi connectivity index (χ3n) is 3.35. The Morgan fingerprint density at radius 1 is 1.00 bits per heavy atom. The van der Waals surface area contributed by atoms with Crippen molar-refractivity contribution >= 4 is 39.1 Å². The Bertz CT molecular complexity index is 742. The largest absolute Gasteiger partial charge is 0.496 e. The van der Waals surface area contributed by atoms with Gasteiger partial charge in [0.2, 0.25) is 5.91 Å². The molecule has 0 saturated heterocycles. The smallest absolute Gasteiger partial charge is 0.255 e. The molecule has 0 aromatic heterocycles. The predicted molar refractivity (Wildman–Crippen MR) is 98.6 cm³/mol. The van der Waals surface area contributed by atoms with Crippen molar-refractivity contribution in [2.75, 3.05) is 17.7 Å². The van der Waals surface area contributed by atoms with Crippen LogP contribution in [0, 0.1) is 5.92 Å². The van der Waals surface area contributed by atoms with Crippen LogP contribution in [-0.4, -0.2) is 18.9 Å². The molecule has 0 radical (unpaired) electrons. The summed E-state index contributed by atoms with van der Waals surface area (Å²) in [4.78, 5) is 23.9. The first kappa shape index (κ1) is 18.0. The van der Waals surface area contributed by atoms with Gasteiger partial charge in [0.05, 0.1) is 11.6 Å². The van der Waals surface area contributed by atoms with Crippen LogP contribution >= 0.6 is 15.9 Å². The lowest BCUT2D eigenvalue weighted by molar-refractivity contribution is -0.118. The first-order chi connectivity index (χ1) is 11.4. The van der Waals surface area contributed by atoms with Gasteiger partial charge in [-0.1, -0.05) is 13.8 Å². The minimum atomic E-state index is -0.225. The number of amides is 2. The van der Waals surface area contributed by atoms with Gasteiger partial charge in [-0.05, 0) is 58.4 Å². The number of benzene rings is 2. The molecule has 0 atom stereocenters. The summed E-state index contributed by atoms with van der Waals surface area (Å²) >= 11 is 3.36. The number of anilines is 2. The summed E-state index contributed by atoms with van der Waals surface area (Å²) in [7, 11) is 1.57. The van der Waals surface area contributed by atoms with Crippen LogP contribution < -0.4 is 15.4 Å². The van der Waals surface area contributed by atoms with E-state index >= 15 is 0 Å². The lowest BCUT2D eigenvalue weighted by Gasteiger charge is -2.10. The standard InChI is InChI=1S/C18H19BrN2O3/c1-11(2)17(22)20-13-5-7-14(8-6-13)21-18(23)12-4-9-16(24-3)15(19)10-12/h4-11H,1-3H3,(H,20,22)(H,21,23). The van der Waals surface area contributed by atoms with Gasteiger partial charge in [0.25, 0.3) is 5.91 Å². The van der Waals surface area contributed by atoms with Gasteiger partial charge in [0.1, 0.15) is 5.75 Å². The van der Waals surface area contributed by atoms with Gasteiger partial charge >= 0.3 is 0 Å². The van der Waals surface area contributed by atoms with E-state index in [9.17, 15) is 9.59 Å². The Balaban J connectivity index is 2.04. The van der Waals surface area contributed by atoms with Crippen molar-refractivity contribution in [3.8, 4) is 5.75 Å². The van der Waals surface area contributed by atoms with Gasteiger partial charge in [0.15, 0.2) is 0 Å². The molecule has 2 rings (SSSR count). The van der Waals surface area contributed by atoms with E-state index in [-0.39, 0.29) is 17.7 Å². The van der Waals surface area contributed by atoms with Crippen LogP contribution in [0.1, 0.15) is 24.2 Å². The third-order valence-corrected chi connectivity index (χ3v) is 3.97. The zero-order chi connectivity index (χ0) is 17.7. The van der Waals surface area contributed by atoms with Crippen molar-refractivity contribution in [2.45, 2.75) is 13.8 Å². The lowest BCUT2D eigenvalue weighted by Crippen LogP contribution is -2.17. The first-order valence-corrected chi connectivity index (χ1v) is 8.26. The van der Waals surface area contributed by atoms with Crippen LogP contribution in [0.5, 0.6) is 5.75 Å². The van der Waals surface area contributed by atoms with Crippen LogP contribution in [0.15, 0.2) is 46.9 Å². The Hall–Kier alpha value is -2.34. The van der Waals surface area contributed by atoms with E-state index in [0.29, 0.717) is 27.2 Å². The number of nitrogens with one attached hydrogen (secondary N) is 2. The maximum absolute atomic E-state index is 12.3. The topological polar surface area (TPSA) is 67.4 Å². The molecule has 0 bridgehead atoms. The number of ether oxygens (including phenoxy) is 1. The van der Waals surface area contributed by atoms with Gasteiger partial charge in [0, 0.05) is 22.9 Å². The van der Waals surface area contributed by atoms with Crippen molar-refractivity contribution in [3.05, 3.63) is 52.5 Å². The third kappa shape index (κ3) is 4.58. The highest BCUT2D eigenvalue weighted by molar-refractivity contribution is 9.10. The summed E-state index contributed by atoms with van der Waals surface area (Å²) in [6.07, 6.45) is 0. The number of carbonyl (C=O) groups is 2. The Kier molecular flexibility index (Phi) is 5.98. The first-order valence-electron chi connectivity index (χ1n) is 7.46. The number of halogens is 1. The lowest BCUT2D eigenvalue weighted by atomic mass is 10.2. The molecule has 5 nitrogen and oxygen atoms in total. The fourth-order valence-corrected chi connectivity index (χ4v) is 2.48. The van der Waals surface area contributed by atoms with E-state index in [0.717, 1.165) is 0 Å². The van der Waals surface area contributed by atoms with Crippen molar-refractivity contribution in [2.24, 2.45) is 5.92 Å². The zero-order valence-electron chi connectivity index (χ0n) is 13.7. The fourth-order valence-electron chi connectivity index (χ4n) is 1.93. The van der Waals surface area contributed by atoms with Gasteiger partial charge in [-0.25, -0.2) is 0 Å². The Morgan fingerprint density at radius 3 is 2.08 bits per heavy atom. The summed E-state index contributed by atoms with van der Waals surface area (Å²) in [5.74, 6) is 0.307. The minimum absolute atomic E-state index is 0.0464. The SMILES string of the molecule is COc1ccc(C(=O)Nc2ccc(NC(=O)C(C)C)cc2)cc1Br. The summed E-state index contributed by atoms with van der Waals surface area (Å²) in [6.45, 7) is 3.66. The highest BCUT2D eigenvalue weighted by Crippen LogP contribution is 2.26. The maximum atomic E-state index is 12.3. The molecule has 0 aliphatic carbocycles. The summed E-state index contributed by atoms with van der Waals surface area (Å²) < 4.78 is 5.86. The van der Waals surface area contributed by atoms with E-state index in [4.69, 9.17) is 4.74 Å². The van der Waals surface area contributed by atoms with Crippen LogP contribution in [0.4, 0.5) is 11.4 Å². The molecule has 0 spiro atoms. The molecule has 24 heavy (non-hydrogen) atoms. The Morgan fingerprint density at radius 2 is 1.58 bits per heavy atom. The number of hydrogen-bond acceptors (Lipinski definition) is 3. The van der Waals surface area contributed by atoms with E-state index in [2.05, 4.69) is 26.6 Å². The number of carbonyl (C=O) groups excluding carboxylic acids is 2. The summed E-state index contributed by atoms with van der Waals surface area (Å²) in [5.41, 5.74) is 1.85. The van der Waals surface area contributed by atoms with Crippen molar-refractivity contribution in [1.29, 1.82) is 0 Å². The monoisotopic (exact) mass is 390 g/mol. The molecule has 0 saturated carbocycles.